The van der Waals surface area contributed by atoms with Crippen LogP contribution in [0.25, 0.3) is 11.3 Å². The summed E-state index contributed by atoms with van der Waals surface area (Å²) >= 11 is 0. The number of ether oxygens (including phenoxy) is 1. The highest BCUT2D eigenvalue weighted by Crippen LogP contribution is 2.30. The summed E-state index contributed by atoms with van der Waals surface area (Å²) in [6.45, 7) is -0.581. The fourth-order valence-electron chi connectivity index (χ4n) is 3.43. The molecule has 9 heteroatoms. The Bertz CT molecular complexity index is 1140. The van der Waals surface area contributed by atoms with E-state index in [2.05, 4.69) is 9.97 Å². The van der Waals surface area contributed by atoms with Crippen LogP contribution in [-0.2, 0) is 11.2 Å². The number of halogens is 1. The summed E-state index contributed by atoms with van der Waals surface area (Å²) < 4.78 is 20.4. The van der Waals surface area contributed by atoms with Gasteiger partial charge in [0, 0.05) is 11.8 Å². The lowest BCUT2D eigenvalue weighted by Crippen LogP contribution is -2.33. The van der Waals surface area contributed by atoms with Crippen LogP contribution < -0.4 is 5.69 Å². The molecule has 1 saturated heterocycles. The summed E-state index contributed by atoms with van der Waals surface area (Å²) in [5.41, 5.74) is 1.14. The van der Waals surface area contributed by atoms with Crippen molar-refractivity contribution in [2.45, 2.75) is 31.0 Å². The Hall–Kier alpha value is -3.27. The molecule has 1 fully saturated rings. The number of carbonyl (C=O) groups is 1. The van der Waals surface area contributed by atoms with Crippen molar-refractivity contribution in [3.63, 3.8) is 0 Å². The Morgan fingerprint density at radius 2 is 1.87 bits per heavy atom. The number of aromatic nitrogens is 3. The summed E-state index contributed by atoms with van der Waals surface area (Å²) in [4.78, 5) is 33.3. The van der Waals surface area contributed by atoms with Gasteiger partial charge in [-0.3, -0.25) is 9.36 Å². The zero-order valence-electron chi connectivity index (χ0n) is 16.3. The third kappa shape index (κ3) is 4.29. The van der Waals surface area contributed by atoms with Gasteiger partial charge < -0.3 is 14.9 Å². The second kappa shape index (κ2) is 8.84. The van der Waals surface area contributed by atoms with Crippen molar-refractivity contribution in [3.05, 3.63) is 82.7 Å². The van der Waals surface area contributed by atoms with Gasteiger partial charge in [-0.1, -0.05) is 36.4 Å². The van der Waals surface area contributed by atoms with Crippen molar-refractivity contribution in [2.24, 2.45) is 0 Å². The molecule has 0 bridgehead atoms. The number of hydrogen-bond acceptors (Lipinski definition) is 7. The second-order valence-corrected chi connectivity index (χ2v) is 7.17. The van der Waals surface area contributed by atoms with E-state index in [0.29, 0.717) is 5.69 Å². The van der Waals surface area contributed by atoms with Crippen LogP contribution in [0.4, 0.5) is 4.39 Å². The minimum atomic E-state index is -1.89. The summed E-state index contributed by atoms with van der Waals surface area (Å²) in [7, 11) is 0. The Kier molecular flexibility index (Phi) is 5.99. The minimum absolute atomic E-state index is 0.159. The SMILES string of the molecule is O=C(Cc1ccn([C@@H]2O[C@H](CO)[C@@H](O)[C@H]2F)c(=O)n1)c1cccc(-c2ccccc2)n1. The Balaban J connectivity index is 1.51. The van der Waals surface area contributed by atoms with Crippen molar-refractivity contribution in [2.75, 3.05) is 6.61 Å². The van der Waals surface area contributed by atoms with Crippen molar-refractivity contribution < 1.29 is 24.1 Å². The number of carbonyl (C=O) groups excluding carboxylic acids is 1. The molecule has 8 nitrogen and oxygen atoms in total. The molecule has 160 valence electrons. The van der Waals surface area contributed by atoms with Gasteiger partial charge in [-0.05, 0) is 18.2 Å². The molecule has 0 saturated carbocycles. The molecule has 2 N–H and O–H groups in total. The van der Waals surface area contributed by atoms with Crippen molar-refractivity contribution in [3.8, 4) is 11.3 Å². The Morgan fingerprint density at radius 3 is 2.55 bits per heavy atom. The number of hydrogen-bond donors (Lipinski definition) is 2. The van der Waals surface area contributed by atoms with Crippen LogP contribution in [0.3, 0.4) is 0 Å². The number of benzene rings is 1. The third-order valence-electron chi connectivity index (χ3n) is 5.08. The zero-order valence-corrected chi connectivity index (χ0v) is 16.3. The normalized spacial score (nSPS) is 23.1. The topological polar surface area (TPSA) is 115 Å². The standard InChI is InChI=1S/C22H20FN3O5/c23-19-20(29)18(12-27)31-21(19)26-10-9-14(24-22(26)30)11-17(28)16-8-4-7-15(25-16)13-5-2-1-3-6-13/h1-10,18-21,27,29H,11-12H2/t18-,19-,20-,21-/m1/s1. The molecule has 4 atom stereocenters. The van der Waals surface area contributed by atoms with Crippen LogP contribution >= 0.6 is 0 Å². The third-order valence-corrected chi connectivity index (χ3v) is 5.08. The van der Waals surface area contributed by atoms with E-state index in [1.54, 1.807) is 18.2 Å². The van der Waals surface area contributed by atoms with Crippen LogP contribution in [-0.4, -0.2) is 55.5 Å². The quantitative estimate of drug-likeness (QED) is 0.573. The van der Waals surface area contributed by atoms with Crippen LogP contribution in [0.1, 0.15) is 22.4 Å². The molecule has 1 aromatic carbocycles. The molecule has 0 unspecified atom stereocenters. The van der Waals surface area contributed by atoms with Gasteiger partial charge in [-0.2, -0.15) is 4.98 Å². The molecule has 0 aliphatic carbocycles. The predicted octanol–water partition coefficient (Wildman–Crippen LogP) is 1.32. The Morgan fingerprint density at radius 1 is 1.10 bits per heavy atom. The Labute approximate surface area is 176 Å². The highest BCUT2D eigenvalue weighted by Gasteiger charge is 2.45. The average Bonchev–Trinajstić information content (AvgIpc) is 3.08. The molecule has 3 aromatic rings. The van der Waals surface area contributed by atoms with Gasteiger partial charge in [0.2, 0.25) is 0 Å². The molecular formula is C22H20FN3O5. The van der Waals surface area contributed by atoms with Gasteiger partial charge in [-0.15, -0.1) is 0 Å². The number of ketones is 1. The highest BCUT2D eigenvalue weighted by atomic mass is 19.1. The second-order valence-electron chi connectivity index (χ2n) is 7.17. The maximum atomic E-state index is 14.3. The minimum Gasteiger partial charge on any atom is -0.394 e. The lowest BCUT2D eigenvalue weighted by molar-refractivity contribution is -0.0491. The molecular weight excluding hydrogens is 405 g/mol. The van der Waals surface area contributed by atoms with E-state index in [-0.39, 0.29) is 23.6 Å². The van der Waals surface area contributed by atoms with Crippen molar-refractivity contribution >= 4 is 5.78 Å². The first kappa shape index (κ1) is 21.0. The molecule has 0 radical (unpaired) electrons. The first-order chi connectivity index (χ1) is 15.0. The predicted molar refractivity (Wildman–Crippen MR) is 108 cm³/mol. The first-order valence-corrected chi connectivity index (χ1v) is 9.70. The average molecular weight is 425 g/mol. The van der Waals surface area contributed by atoms with Crippen LogP contribution in [0.2, 0.25) is 0 Å². The van der Waals surface area contributed by atoms with E-state index in [1.807, 2.05) is 30.3 Å². The maximum Gasteiger partial charge on any atom is 0.350 e. The van der Waals surface area contributed by atoms with E-state index in [1.165, 1.54) is 12.3 Å². The molecule has 3 heterocycles. The number of rotatable bonds is 6. The van der Waals surface area contributed by atoms with E-state index in [0.717, 1.165) is 10.1 Å². The van der Waals surface area contributed by atoms with Gasteiger partial charge in [-0.25, -0.2) is 14.2 Å². The first-order valence-electron chi connectivity index (χ1n) is 9.70. The summed E-state index contributed by atoms with van der Waals surface area (Å²) in [6, 6.07) is 16.0. The molecule has 0 spiro atoms. The van der Waals surface area contributed by atoms with Gasteiger partial charge in [0.05, 0.1) is 24.4 Å². The van der Waals surface area contributed by atoms with Gasteiger partial charge in [0.1, 0.15) is 17.9 Å². The van der Waals surface area contributed by atoms with Crippen LogP contribution in [0, 0.1) is 0 Å². The molecule has 1 aliphatic heterocycles. The molecule has 1 aliphatic rings. The van der Waals surface area contributed by atoms with Gasteiger partial charge in [0.25, 0.3) is 0 Å². The molecule has 0 amide bonds. The van der Waals surface area contributed by atoms with Crippen molar-refractivity contribution in [1.82, 2.24) is 14.5 Å². The fraction of sp³-hybridized carbons (Fsp3) is 0.273. The number of pyridine rings is 1. The smallest absolute Gasteiger partial charge is 0.350 e. The van der Waals surface area contributed by atoms with E-state index in [9.17, 15) is 19.1 Å². The largest absolute Gasteiger partial charge is 0.394 e. The lowest BCUT2D eigenvalue weighted by atomic mass is 10.1. The molecule has 2 aromatic heterocycles. The van der Waals surface area contributed by atoms with Crippen LogP contribution in [0.15, 0.2) is 65.6 Å². The van der Waals surface area contributed by atoms with Crippen molar-refractivity contribution in [1.29, 1.82) is 0 Å². The summed E-state index contributed by atoms with van der Waals surface area (Å²) in [5, 5.41) is 18.9. The fourth-order valence-corrected chi connectivity index (χ4v) is 3.43. The maximum absolute atomic E-state index is 14.3. The number of aliphatic hydroxyl groups excluding tert-OH is 2. The van der Waals surface area contributed by atoms with Crippen LogP contribution in [0.5, 0.6) is 0 Å². The van der Waals surface area contributed by atoms with Gasteiger partial charge in [0.15, 0.2) is 18.2 Å². The number of Topliss-reactive ketones (excluding diaryl/α,β-unsaturated/α-hetero) is 1. The number of alkyl halides is 1. The van der Waals surface area contributed by atoms with E-state index in [4.69, 9.17) is 9.84 Å². The summed E-state index contributed by atoms with van der Waals surface area (Å²) in [5.74, 6) is -0.321. The van der Waals surface area contributed by atoms with Gasteiger partial charge >= 0.3 is 5.69 Å². The zero-order chi connectivity index (χ0) is 22.0. The number of aliphatic hydroxyl groups is 2. The monoisotopic (exact) mass is 425 g/mol. The molecule has 4 rings (SSSR count). The summed E-state index contributed by atoms with van der Waals surface area (Å²) in [6.07, 6.45) is -4.87. The van der Waals surface area contributed by atoms with E-state index >= 15 is 0 Å². The molecule has 31 heavy (non-hydrogen) atoms. The van der Waals surface area contributed by atoms with E-state index < -0.39 is 36.9 Å². The number of nitrogens with zero attached hydrogens (tertiary/aromatic N) is 3. The highest BCUT2D eigenvalue weighted by molar-refractivity contribution is 5.96. The lowest BCUT2D eigenvalue weighted by Gasteiger charge is -2.15.